The number of rotatable bonds is 0. The third-order valence-corrected chi connectivity index (χ3v) is 2.29. The Bertz CT molecular complexity index is 120. The lowest BCUT2D eigenvalue weighted by molar-refractivity contribution is -0.0863. The molecule has 2 unspecified atom stereocenters. The zero-order valence-electron chi connectivity index (χ0n) is 6.24. The highest BCUT2D eigenvalue weighted by Gasteiger charge is 2.40. The fourth-order valence-electron chi connectivity index (χ4n) is 1.43. The quantitative estimate of drug-likeness (QED) is 0.494. The molecular weight excluding hydrogens is 134 g/mol. The van der Waals surface area contributed by atoms with E-state index >= 15 is 0 Å². The van der Waals surface area contributed by atoms with Gasteiger partial charge in [-0.3, -0.25) is 0 Å². The molecule has 0 aromatic carbocycles. The van der Waals surface area contributed by atoms with Crippen LogP contribution in [-0.2, 0) is 0 Å². The highest BCUT2D eigenvalue weighted by molar-refractivity contribution is 4.83. The van der Waals surface area contributed by atoms with Gasteiger partial charge < -0.3 is 0 Å². The molecule has 1 saturated carbocycles. The second kappa shape index (κ2) is 2.48. The smallest absolute Gasteiger partial charge is 0.207 e. The van der Waals surface area contributed by atoms with Crippen molar-refractivity contribution < 1.29 is 8.78 Å². The summed E-state index contributed by atoms with van der Waals surface area (Å²) in [6, 6.07) is 0. The van der Waals surface area contributed by atoms with E-state index in [4.69, 9.17) is 0 Å². The van der Waals surface area contributed by atoms with Crippen molar-refractivity contribution in [1.82, 2.24) is 0 Å². The van der Waals surface area contributed by atoms with Crippen molar-refractivity contribution in [3.63, 3.8) is 0 Å². The molecule has 1 rings (SSSR count). The Kier molecular flexibility index (Phi) is 1.97. The molecule has 0 aromatic rings. The molecule has 2 heteroatoms. The Balaban J connectivity index is 2.52. The van der Waals surface area contributed by atoms with E-state index in [0.29, 0.717) is 12.8 Å². The van der Waals surface area contributed by atoms with E-state index in [1.54, 1.807) is 6.92 Å². The van der Waals surface area contributed by atoms with E-state index in [1.165, 1.54) is 0 Å². The van der Waals surface area contributed by atoms with E-state index in [2.05, 4.69) is 6.92 Å². The molecule has 1 aliphatic rings. The molecule has 1 radical (unpaired) electrons. The van der Waals surface area contributed by atoms with E-state index < -0.39 is 11.8 Å². The second-order valence-electron chi connectivity index (χ2n) is 3.30. The first-order chi connectivity index (χ1) is 4.52. The highest BCUT2D eigenvalue weighted by atomic mass is 19.3. The lowest BCUT2D eigenvalue weighted by atomic mass is 9.81. The monoisotopic (exact) mass is 147 g/mol. The first-order valence-corrected chi connectivity index (χ1v) is 3.73. The van der Waals surface area contributed by atoms with Gasteiger partial charge in [-0.25, -0.2) is 8.78 Å². The second-order valence-corrected chi connectivity index (χ2v) is 3.30. The van der Waals surface area contributed by atoms with Crippen LogP contribution in [0.25, 0.3) is 0 Å². The molecule has 0 bridgehead atoms. The summed E-state index contributed by atoms with van der Waals surface area (Å²) in [6.45, 7) is 5.39. The molecule has 0 aromatic heterocycles. The first-order valence-electron chi connectivity index (χ1n) is 3.73. The van der Waals surface area contributed by atoms with Gasteiger partial charge in [-0.2, -0.15) is 0 Å². The summed E-state index contributed by atoms with van der Waals surface area (Å²) in [4.78, 5) is 0. The van der Waals surface area contributed by atoms with Gasteiger partial charge in [0.1, 0.15) is 0 Å². The van der Waals surface area contributed by atoms with Gasteiger partial charge in [0.25, 0.3) is 5.92 Å². The molecule has 1 aliphatic carbocycles. The Labute approximate surface area is 60.6 Å². The number of hydrogen-bond donors (Lipinski definition) is 0. The fraction of sp³-hybridized carbons (Fsp3) is 0.875. The van der Waals surface area contributed by atoms with Crippen LogP contribution in [0.5, 0.6) is 0 Å². The zero-order chi connectivity index (χ0) is 7.78. The van der Waals surface area contributed by atoms with Crippen molar-refractivity contribution in [1.29, 1.82) is 0 Å². The minimum atomic E-state index is -2.42. The van der Waals surface area contributed by atoms with Gasteiger partial charge in [0.15, 0.2) is 0 Å². The van der Waals surface area contributed by atoms with Crippen LogP contribution in [0, 0.1) is 18.8 Å². The lowest BCUT2D eigenvalue weighted by Gasteiger charge is -2.31. The summed E-state index contributed by atoms with van der Waals surface area (Å²) in [7, 11) is 0. The summed E-state index contributed by atoms with van der Waals surface area (Å²) in [5, 5.41) is 0. The van der Waals surface area contributed by atoms with E-state index in [-0.39, 0.29) is 12.3 Å². The normalized spacial score (nSPS) is 39.6. The van der Waals surface area contributed by atoms with Crippen LogP contribution in [0.15, 0.2) is 0 Å². The average molecular weight is 147 g/mol. The van der Waals surface area contributed by atoms with Crippen LogP contribution < -0.4 is 0 Å². The van der Waals surface area contributed by atoms with Crippen LogP contribution in [-0.4, -0.2) is 5.92 Å². The predicted molar refractivity (Wildman–Crippen MR) is 36.8 cm³/mol. The molecule has 0 nitrogen and oxygen atoms in total. The molecular formula is C8H13F2. The van der Waals surface area contributed by atoms with Gasteiger partial charge in [0.05, 0.1) is 0 Å². The van der Waals surface area contributed by atoms with Crippen LogP contribution in [0.1, 0.15) is 26.2 Å². The van der Waals surface area contributed by atoms with Crippen molar-refractivity contribution in [2.75, 3.05) is 0 Å². The SMILES string of the molecule is [CH2]C1CCC(F)(F)C(C)C1. The maximum atomic E-state index is 12.7. The average Bonchev–Trinajstić information content (AvgIpc) is 1.81. The van der Waals surface area contributed by atoms with Crippen LogP contribution in [0.4, 0.5) is 8.78 Å². The third-order valence-electron chi connectivity index (χ3n) is 2.29. The van der Waals surface area contributed by atoms with E-state index in [9.17, 15) is 8.78 Å². The van der Waals surface area contributed by atoms with Gasteiger partial charge >= 0.3 is 0 Å². The van der Waals surface area contributed by atoms with Crippen molar-refractivity contribution >= 4 is 0 Å². The summed E-state index contributed by atoms with van der Waals surface area (Å²) in [5.74, 6) is -2.65. The Morgan fingerprint density at radius 2 is 2.10 bits per heavy atom. The lowest BCUT2D eigenvalue weighted by Crippen LogP contribution is -2.32. The first kappa shape index (κ1) is 7.96. The third kappa shape index (κ3) is 1.47. The predicted octanol–water partition coefficient (Wildman–Crippen LogP) is 2.89. The van der Waals surface area contributed by atoms with E-state index in [0.717, 1.165) is 0 Å². The highest BCUT2D eigenvalue weighted by Crippen LogP contribution is 2.40. The van der Waals surface area contributed by atoms with Gasteiger partial charge in [-0.15, -0.1) is 0 Å². The van der Waals surface area contributed by atoms with Gasteiger partial charge in [-0.1, -0.05) is 13.8 Å². The van der Waals surface area contributed by atoms with Gasteiger partial charge in [0.2, 0.25) is 0 Å². The molecule has 1 fully saturated rings. The standard InChI is InChI=1S/C8H13F2/c1-6-3-4-8(9,10)7(2)5-6/h6-7H,1,3-5H2,2H3. The maximum absolute atomic E-state index is 12.7. The van der Waals surface area contributed by atoms with Gasteiger partial charge in [-0.05, 0) is 18.8 Å². The van der Waals surface area contributed by atoms with Gasteiger partial charge in [0, 0.05) is 12.3 Å². The zero-order valence-corrected chi connectivity index (χ0v) is 6.24. The summed E-state index contributed by atoms with van der Waals surface area (Å²) < 4.78 is 25.5. The minimum Gasteiger partial charge on any atom is -0.207 e. The Morgan fingerprint density at radius 1 is 1.50 bits per heavy atom. The Morgan fingerprint density at radius 3 is 2.50 bits per heavy atom. The molecule has 2 atom stereocenters. The molecule has 0 saturated heterocycles. The van der Waals surface area contributed by atoms with Crippen molar-refractivity contribution in [2.45, 2.75) is 32.1 Å². The molecule has 10 heavy (non-hydrogen) atoms. The van der Waals surface area contributed by atoms with Crippen molar-refractivity contribution in [2.24, 2.45) is 11.8 Å². The molecule has 0 heterocycles. The molecule has 59 valence electrons. The molecule has 0 N–H and O–H groups in total. The number of hydrogen-bond acceptors (Lipinski definition) is 0. The maximum Gasteiger partial charge on any atom is 0.250 e. The summed E-state index contributed by atoms with van der Waals surface area (Å²) >= 11 is 0. The van der Waals surface area contributed by atoms with Crippen LogP contribution in [0.2, 0.25) is 0 Å². The topological polar surface area (TPSA) is 0 Å². The fourth-order valence-corrected chi connectivity index (χ4v) is 1.43. The number of halogens is 2. The van der Waals surface area contributed by atoms with Crippen LogP contribution in [0.3, 0.4) is 0 Å². The summed E-state index contributed by atoms with van der Waals surface area (Å²) in [5.41, 5.74) is 0. The molecule has 0 spiro atoms. The van der Waals surface area contributed by atoms with Crippen molar-refractivity contribution in [3.8, 4) is 0 Å². The molecule has 0 aliphatic heterocycles. The minimum absolute atomic E-state index is 0.0301. The molecule has 0 amide bonds. The number of alkyl halides is 2. The van der Waals surface area contributed by atoms with Crippen molar-refractivity contribution in [3.05, 3.63) is 6.92 Å². The van der Waals surface area contributed by atoms with E-state index in [1.807, 2.05) is 0 Å². The summed E-state index contributed by atoms with van der Waals surface area (Å²) in [6.07, 6.45) is 1.19. The van der Waals surface area contributed by atoms with Crippen LogP contribution >= 0.6 is 0 Å². The largest absolute Gasteiger partial charge is 0.250 e. The Hall–Kier alpha value is -0.140.